The highest BCUT2D eigenvalue weighted by molar-refractivity contribution is 6.07. The zero-order valence-electron chi connectivity index (χ0n) is 74.6. The molecule has 30 heteroatoms. The first-order chi connectivity index (χ1) is 58.5. The molecular weight excluding hydrogens is 1570 g/mol. The van der Waals surface area contributed by atoms with Crippen LogP contribution in [0.3, 0.4) is 0 Å². The Bertz CT molecular complexity index is 4360. The van der Waals surface area contributed by atoms with Gasteiger partial charge in [-0.25, -0.2) is 15.0 Å². The third kappa shape index (κ3) is 35.6. The van der Waals surface area contributed by atoms with E-state index in [9.17, 15) is 72.9 Å². The molecule has 0 aromatic heterocycles. The van der Waals surface area contributed by atoms with Crippen LogP contribution in [-0.2, 0) is 33.6 Å². The summed E-state index contributed by atoms with van der Waals surface area (Å²) in [7, 11) is 1.64. The fraction of sp³-hybridized carbons (Fsp3) is 0.484. The van der Waals surface area contributed by atoms with Gasteiger partial charge in [-0.1, -0.05) is 188 Å². The Hall–Kier alpha value is -11.3. The lowest BCUT2D eigenvalue weighted by Crippen LogP contribution is -2.54. The van der Waals surface area contributed by atoms with Crippen molar-refractivity contribution in [1.29, 1.82) is 0 Å². The molecule has 6 aromatic carbocycles. The number of nitrogens with zero attached hydrogens (tertiary/aromatic N) is 6. The van der Waals surface area contributed by atoms with E-state index < -0.39 is 71.9 Å². The van der Waals surface area contributed by atoms with Crippen LogP contribution >= 0.6 is 0 Å². The molecule has 12 amide bonds. The van der Waals surface area contributed by atoms with Crippen molar-refractivity contribution in [2.45, 2.75) is 198 Å². The van der Waals surface area contributed by atoms with Crippen molar-refractivity contribution in [1.82, 2.24) is 62.0 Å². The minimum atomic E-state index is -1.06. The number of nitrogens with two attached hydrogens (primary N) is 3. The van der Waals surface area contributed by atoms with Crippen molar-refractivity contribution in [3.8, 4) is 0 Å². The zero-order valence-corrected chi connectivity index (χ0v) is 74.6. The van der Waals surface area contributed by atoms with E-state index >= 15 is 0 Å². The number of likely N-dealkylation sites (N-methyl/N-ethyl adjacent to an activating group) is 2. The van der Waals surface area contributed by atoms with Gasteiger partial charge in [-0.15, -0.1) is 0 Å². The first-order valence-electron chi connectivity index (χ1n) is 42.9. The molecule has 6 rings (SSSR count). The molecular formula is C93H135N15O15. The van der Waals surface area contributed by atoms with Gasteiger partial charge < -0.3 is 63.2 Å². The lowest BCUT2D eigenvalue weighted by molar-refractivity contribution is -0.130. The Morgan fingerprint density at radius 1 is 0.317 bits per heavy atom. The summed E-state index contributed by atoms with van der Waals surface area (Å²) in [5, 5.41) is 47.2. The number of amides is 12. The van der Waals surface area contributed by atoms with Gasteiger partial charge in [-0.2, -0.15) is 0 Å². The molecule has 0 fully saturated rings. The van der Waals surface area contributed by atoms with Crippen LogP contribution in [0.1, 0.15) is 252 Å². The number of hydrogen-bond acceptors (Lipinski definition) is 18. The summed E-state index contributed by atoms with van der Waals surface area (Å²) in [6.45, 7) is 30.7. The summed E-state index contributed by atoms with van der Waals surface area (Å²) in [5.74, 6) is -6.06. The maximum Gasteiger partial charge on any atom is 0.253 e. The van der Waals surface area contributed by atoms with Gasteiger partial charge in [-0.3, -0.25) is 73.8 Å². The third-order valence-corrected chi connectivity index (χ3v) is 19.8. The Labute approximate surface area is 726 Å². The van der Waals surface area contributed by atoms with Crippen LogP contribution < -0.4 is 49.4 Å². The van der Waals surface area contributed by atoms with E-state index in [1.807, 2.05) is 146 Å². The number of benzene rings is 6. The molecule has 0 saturated heterocycles. The molecule has 123 heavy (non-hydrogen) atoms. The summed E-state index contributed by atoms with van der Waals surface area (Å²) in [4.78, 5) is 159. The minimum Gasteiger partial charge on any atom is -0.390 e. The van der Waals surface area contributed by atoms with Crippen LogP contribution in [0.25, 0.3) is 0 Å². The summed E-state index contributed by atoms with van der Waals surface area (Å²) < 4.78 is 0. The maximum absolute atomic E-state index is 13.6. The molecule has 0 radical (unpaired) electrons. The quantitative estimate of drug-likeness (QED) is 0.0160. The highest BCUT2D eigenvalue weighted by Crippen LogP contribution is 2.21. The van der Waals surface area contributed by atoms with Gasteiger partial charge in [0.1, 0.15) is 0 Å². The van der Waals surface area contributed by atoms with E-state index in [0.717, 1.165) is 61.6 Å². The van der Waals surface area contributed by atoms with Crippen molar-refractivity contribution in [2.24, 2.45) is 35.0 Å². The van der Waals surface area contributed by atoms with Crippen molar-refractivity contribution < 1.29 is 72.9 Å². The fourth-order valence-corrected chi connectivity index (χ4v) is 13.2. The first-order valence-corrected chi connectivity index (χ1v) is 42.9. The average Bonchev–Trinajstić information content (AvgIpc) is 0.822. The third-order valence-electron chi connectivity index (χ3n) is 19.8. The molecule has 672 valence electrons. The summed E-state index contributed by atoms with van der Waals surface area (Å²) in [5.41, 5.74) is 28.7. The normalized spacial score (nSPS) is 12.6. The van der Waals surface area contributed by atoms with Crippen LogP contribution in [0.15, 0.2) is 146 Å². The van der Waals surface area contributed by atoms with Gasteiger partial charge >= 0.3 is 0 Å². The van der Waals surface area contributed by atoms with Crippen LogP contribution in [0.5, 0.6) is 0 Å². The Morgan fingerprint density at radius 2 is 0.553 bits per heavy atom. The Balaban J connectivity index is 0.000000387. The van der Waals surface area contributed by atoms with Crippen LogP contribution in [0.4, 0.5) is 0 Å². The highest BCUT2D eigenvalue weighted by Gasteiger charge is 2.32. The van der Waals surface area contributed by atoms with Gasteiger partial charge in [0.15, 0.2) is 0 Å². The van der Waals surface area contributed by atoms with E-state index in [-0.39, 0.29) is 123 Å². The number of carbonyl (C=O) groups is 12. The van der Waals surface area contributed by atoms with Crippen molar-refractivity contribution >= 4 is 70.9 Å². The molecule has 0 heterocycles. The highest BCUT2D eigenvalue weighted by atomic mass is 16.3. The van der Waals surface area contributed by atoms with Gasteiger partial charge in [0.05, 0.1) is 36.4 Å². The van der Waals surface area contributed by atoms with Crippen molar-refractivity contribution in [2.75, 3.05) is 79.0 Å². The monoisotopic (exact) mass is 1700 g/mol. The lowest BCUT2D eigenvalue weighted by Gasteiger charge is -2.31. The molecule has 0 aliphatic rings. The van der Waals surface area contributed by atoms with E-state index in [0.29, 0.717) is 71.6 Å². The first kappa shape index (κ1) is 104. The van der Waals surface area contributed by atoms with Crippen LogP contribution in [-0.4, -0.2) is 231 Å². The van der Waals surface area contributed by atoms with Gasteiger partial charge in [0.2, 0.25) is 35.4 Å². The molecule has 0 saturated carbocycles. The fourth-order valence-electron chi connectivity index (χ4n) is 13.2. The lowest BCUT2D eigenvalue weighted by atomic mass is 9.99. The molecule has 6 aromatic rings. The van der Waals surface area contributed by atoms with Gasteiger partial charge in [-0.05, 0) is 135 Å². The molecule has 0 aliphatic carbocycles. The topological polar surface area (TPSA) is 435 Å². The Kier molecular flexibility index (Phi) is 45.9. The molecule has 6 unspecified atom stereocenters. The SMILES string of the molecule is CCCN(CC(O)C(Cc1ccccc1)NC(=O)c1cc(C(N)=O)cc(C(=O)N(CCC)CCC)c1)NC(=O)C(C)C.CCCN(CCC)C(=O)c1cc(C(N)=O)cc(C(=O)NC(Cc2ccccc2)C(O)CN(C)NC(=O)C(C)C)c1.CCCN(CCC)C(=O)c1cc(C(N)=O)cc(C(=O)NC(Cc2ccccc2)C(O)CN(CC)NC(=O)C(C)C)c1. The predicted molar refractivity (Wildman–Crippen MR) is 477 cm³/mol. The van der Waals surface area contributed by atoms with Gasteiger partial charge in [0.25, 0.3) is 35.4 Å². The Morgan fingerprint density at radius 3 is 0.805 bits per heavy atom. The number of primary amides is 3. The van der Waals surface area contributed by atoms with Crippen molar-refractivity contribution in [3.05, 3.63) is 212 Å². The molecule has 0 bridgehead atoms. The maximum atomic E-state index is 13.6. The molecule has 30 nitrogen and oxygen atoms in total. The molecule has 0 spiro atoms. The van der Waals surface area contributed by atoms with E-state index in [4.69, 9.17) is 17.2 Å². The molecule has 0 aliphatic heterocycles. The van der Waals surface area contributed by atoms with Gasteiger partial charge in [0, 0.05) is 147 Å². The zero-order chi connectivity index (χ0) is 91.6. The summed E-state index contributed by atoms with van der Waals surface area (Å²) in [6, 6.07) is 38.6. The van der Waals surface area contributed by atoms with E-state index in [1.165, 1.54) is 59.6 Å². The predicted octanol–water partition coefficient (Wildman–Crippen LogP) is 8.28. The number of nitrogens with one attached hydrogen (secondary N) is 6. The molecule has 6 atom stereocenters. The second kappa shape index (κ2) is 54.3. The number of aliphatic hydroxyl groups excluding tert-OH is 3. The largest absolute Gasteiger partial charge is 0.390 e. The summed E-state index contributed by atoms with van der Waals surface area (Å²) in [6.07, 6.45) is 3.08. The minimum absolute atomic E-state index is 0.0419. The van der Waals surface area contributed by atoms with Crippen LogP contribution in [0.2, 0.25) is 0 Å². The van der Waals surface area contributed by atoms with E-state index in [1.54, 1.807) is 73.3 Å². The van der Waals surface area contributed by atoms with Crippen LogP contribution in [0, 0.1) is 17.8 Å². The molecule has 15 N–H and O–H groups in total. The number of aliphatic hydroxyl groups is 3. The smallest absolute Gasteiger partial charge is 0.253 e. The second-order valence-electron chi connectivity index (χ2n) is 31.6. The standard InChI is InChI=1S/C32H47N5O5.C31H45N5O5.C30H43N5O5/c1-6-14-36(15-7-2)32(42)26-19-24(29(33)39)18-25(20-26)31(41)34-27(17-23-12-10-9-11-13-23)28(38)21-37(16-8-3)35-30(40)22(4)5;1-6-14-35(15-7-2)31(41)25-18-23(28(32)38)17-24(19-25)30(40)33-26(16-22-12-10-9-11-13-22)27(37)20-36(8-3)34-29(39)21(4)5;1-6-13-35(14-7-2)30(40)24-17-22(27(31)37)16-23(18-24)29(39)32-25(15-21-11-9-8-10-12-21)26(36)19-34(5)33-28(38)20(3)4/h9-13,18-20,22,27-28,38H,6-8,14-17,21H2,1-5H3,(H2,33,39)(H,34,41)(H,35,40);9-13,17-19,21,26-27,37H,6-8,14-16,20H2,1-5H3,(H2,32,38)(H,33,40)(H,34,39);8-12,16-18,20,25-26,36H,6-7,13-15,19H2,1-5H3,(H2,31,37)(H,32,39)(H,33,38). The number of carbonyl (C=O) groups excluding carboxylic acids is 12. The van der Waals surface area contributed by atoms with E-state index in [2.05, 4.69) is 32.2 Å². The number of rotatable bonds is 48. The number of hydrazine groups is 3. The second-order valence-corrected chi connectivity index (χ2v) is 31.6. The summed E-state index contributed by atoms with van der Waals surface area (Å²) >= 11 is 0. The number of hydrogen-bond donors (Lipinski definition) is 12. The average molecular weight is 1700 g/mol. The van der Waals surface area contributed by atoms with Crippen molar-refractivity contribution in [3.63, 3.8) is 0 Å².